The maximum absolute atomic E-state index is 12.1. The molecule has 0 heterocycles. The highest BCUT2D eigenvalue weighted by Crippen LogP contribution is 2.15. The monoisotopic (exact) mass is 339 g/mol. The maximum Gasteiger partial charge on any atom is 0.240 e. The standard InChI is InChI=1S/C17H26ClN3O2/c1-12(13-6-8-14(18)9-7-13)19-10-16(23)21(5)11-15(22)20-17(2,3)4/h6-9,12,19H,10-11H2,1-5H3,(H,20,22)/t12-/m1/s1. The first-order chi connectivity index (χ1) is 10.6. The van der Waals surface area contributed by atoms with Crippen LogP contribution in [0.1, 0.15) is 39.3 Å². The van der Waals surface area contributed by atoms with Crippen LogP contribution in [-0.4, -0.2) is 42.4 Å². The SMILES string of the molecule is C[C@@H](NCC(=O)N(C)CC(=O)NC(C)(C)C)c1ccc(Cl)cc1. The fourth-order valence-electron chi connectivity index (χ4n) is 2.01. The molecule has 0 fully saturated rings. The molecule has 1 aromatic rings. The van der Waals surface area contributed by atoms with E-state index in [2.05, 4.69) is 10.6 Å². The third kappa shape index (κ3) is 7.48. The number of rotatable bonds is 6. The van der Waals surface area contributed by atoms with Crippen molar-refractivity contribution in [2.24, 2.45) is 0 Å². The summed E-state index contributed by atoms with van der Waals surface area (Å²) in [6.45, 7) is 7.91. The van der Waals surface area contributed by atoms with Gasteiger partial charge in [-0.1, -0.05) is 23.7 Å². The lowest BCUT2D eigenvalue weighted by atomic mass is 10.1. The lowest BCUT2D eigenvalue weighted by Gasteiger charge is -2.24. The number of nitrogens with zero attached hydrogens (tertiary/aromatic N) is 1. The van der Waals surface area contributed by atoms with Crippen LogP contribution in [0.4, 0.5) is 0 Å². The van der Waals surface area contributed by atoms with Gasteiger partial charge in [0.25, 0.3) is 0 Å². The molecule has 0 aliphatic carbocycles. The van der Waals surface area contributed by atoms with Crippen molar-refractivity contribution >= 4 is 23.4 Å². The second-order valence-corrected chi connectivity index (χ2v) is 7.14. The summed E-state index contributed by atoms with van der Waals surface area (Å²) in [5.74, 6) is -0.297. The van der Waals surface area contributed by atoms with E-state index in [0.717, 1.165) is 5.56 Å². The van der Waals surface area contributed by atoms with Crippen LogP contribution in [0.5, 0.6) is 0 Å². The van der Waals surface area contributed by atoms with E-state index in [1.807, 2.05) is 52.0 Å². The van der Waals surface area contributed by atoms with E-state index < -0.39 is 0 Å². The highest BCUT2D eigenvalue weighted by atomic mass is 35.5. The molecule has 0 radical (unpaired) electrons. The Kier molecular flexibility index (Phi) is 7.03. The Bertz CT molecular complexity index is 538. The molecule has 0 bridgehead atoms. The maximum atomic E-state index is 12.1. The smallest absolute Gasteiger partial charge is 0.240 e. The molecule has 1 atom stereocenters. The predicted octanol–water partition coefficient (Wildman–Crippen LogP) is 2.36. The number of hydrogen-bond acceptors (Lipinski definition) is 3. The van der Waals surface area contributed by atoms with E-state index in [-0.39, 0.29) is 36.5 Å². The molecule has 23 heavy (non-hydrogen) atoms. The van der Waals surface area contributed by atoms with Crippen LogP contribution in [0, 0.1) is 0 Å². The van der Waals surface area contributed by atoms with Gasteiger partial charge in [-0.3, -0.25) is 9.59 Å². The van der Waals surface area contributed by atoms with Crippen LogP contribution < -0.4 is 10.6 Å². The van der Waals surface area contributed by atoms with Crippen LogP contribution in [-0.2, 0) is 9.59 Å². The number of nitrogens with one attached hydrogen (secondary N) is 2. The highest BCUT2D eigenvalue weighted by molar-refractivity contribution is 6.30. The van der Waals surface area contributed by atoms with E-state index in [9.17, 15) is 9.59 Å². The number of halogens is 1. The summed E-state index contributed by atoms with van der Waals surface area (Å²) in [6, 6.07) is 7.50. The van der Waals surface area contributed by atoms with Crippen molar-refractivity contribution in [3.05, 3.63) is 34.9 Å². The van der Waals surface area contributed by atoms with Crippen LogP contribution in [0.25, 0.3) is 0 Å². The number of likely N-dealkylation sites (N-methyl/N-ethyl adjacent to an activating group) is 1. The Morgan fingerprint density at radius 1 is 1.22 bits per heavy atom. The summed E-state index contributed by atoms with van der Waals surface area (Å²) in [7, 11) is 1.62. The number of carbonyl (C=O) groups is 2. The molecule has 0 aliphatic rings. The minimum atomic E-state index is -0.303. The van der Waals surface area contributed by atoms with E-state index in [4.69, 9.17) is 11.6 Å². The average Bonchev–Trinajstić information content (AvgIpc) is 2.42. The Morgan fingerprint density at radius 3 is 2.30 bits per heavy atom. The molecule has 128 valence electrons. The van der Waals surface area contributed by atoms with Gasteiger partial charge in [0.05, 0.1) is 13.1 Å². The van der Waals surface area contributed by atoms with Crippen molar-refractivity contribution in [1.82, 2.24) is 15.5 Å². The zero-order chi connectivity index (χ0) is 17.6. The van der Waals surface area contributed by atoms with Crippen LogP contribution >= 0.6 is 11.6 Å². The largest absolute Gasteiger partial charge is 0.350 e. The Balaban J connectivity index is 2.43. The molecule has 6 heteroatoms. The predicted molar refractivity (Wildman–Crippen MR) is 93.4 cm³/mol. The minimum absolute atomic E-state index is 0.0213. The van der Waals surface area contributed by atoms with E-state index >= 15 is 0 Å². The molecular formula is C17H26ClN3O2. The Morgan fingerprint density at radius 2 is 1.78 bits per heavy atom. The molecule has 0 unspecified atom stereocenters. The van der Waals surface area contributed by atoms with Gasteiger partial charge >= 0.3 is 0 Å². The lowest BCUT2D eigenvalue weighted by molar-refractivity contribution is -0.134. The van der Waals surface area contributed by atoms with Crippen LogP contribution in [0.2, 0.25) is 5.02 Å². The van der Waals surface area contributed by atoms with Gasteiger partial charge in [0, 0.05) is 23.7 Å². The van der Waals surface area contributed by atoms with Crippen LogP contribution in [0.3, 0.4) is 0 Å². The summed E-state index contributed by atoms with van der Waals surface area (Å²) in [5, 5.41) is 6.67. The van der Waals surface area contributed by atoms with E-state index in [1.54, 1.807) is 7.05 Å². The summed E-state index contributed by atoms with van der Waals surface area (Å²) < 4.78 is 0. The lowest BCUT2D eigenvalue weighted by Crippen LogP contribution is -2.47. The molecule has 1 aromatic carbocycles. The molecule has 2 N–H and O–H groups in total. The fourth-order valence-corrected chi connectivity index (χ4v) is 2.13. The third-order valence-electron chi connectivity index (χ3n) is 3.25. The van der Waals surface area contributed by atoms with Gasteiger partial charge in [0.15, 0.2) is 0 Å². The van der Waals surface area contributed by atoms with Crippen molar-refractivity contribution < 1.29 is 9.59 Å². The van der Waals surface area contributed by atoms with Crippen molar-refractivity contribution in [1.29, 1.82) is 0 Å². The molecule has 5 nitrogen and oxygen atoms in total. The van der Waals surface area contributed by atoms with Gasteiger partial charge in [-0.05, 0) is 45.4 Å². The molecule has 0 spiro atoms. The molecule has 2 amide bonds. The Hall–Kier alpha value is -1.59. The second-order valence-electron chi connectivity index (χ2n) is 6.70. The fraction of sp³-hybridized carbons (Fsp3) is 0.529. The molecular weight excluding hydrogens is 314 g/mol. The molecule has 0 saturated heterocycles. The van der Waals surface area contributed by atoms with E-state index in [0.29, 0.717) is 5.02 Å². The van der Waals surface area contributed by atoms with Gasteiger partial charge in [0.2, 0.25) is 11.8 Å². The second kappa shape index (κ2) is 8.31. The summed E-state index contributed by atoms with van der Waals surface area (Å²) in [6.07, 6.45) is 0. The van der Waals surface area contributed by atoms with Crippen molar-refractivity contribution in [2.75, 3.05) is 20.1 Å². The van der Waals surface area contributed by atoms with Crippen molar-refractivity contribution in [2.45, 2.75) is 39.3 Å². The minimum Gasteiger partial charge on any atom is -0.350 e. The highest BCUT2D eigenvalue weighted by Gasteiger charge is 2.18. The normalized spacial score (nSPS) is 12.6. The first-order valence-electron chi connectivity index (χ1n) is 7.62. The zero-order valence-electron chi connectivity index (χ0n) is 14.4. The van der Waals surface area contributed by atoms with Gasteiger partial charge in [-0.2, -0.15) is 0 Å². The van der Waals surface area contributed by atoms with Crippen molar-refractivity contribution in [3.8, 4) is 0 Å². The molecule has 0 aromatic heterocycles. The topological polar surface area (TPSA) is 61.4 Å². The number of benzene rings is 1. The van der Waals surface area contributed by atoms with Crippen LogP contribution in [0.15, 0.2) is 24.3 Å². The first kappa shape index (κ1) is 19.5. The van der Waals surface area contributed by atoms with Gasteiger partial charge in [-0.15, -0.1) is 0 Å². The molecule has 1 rings (SSSR count). The van der Waals surface area contributed by atoms with Gasteiger partial charge < -0.3 is 15.5 Å². The summed E-state index contributed by atoms with van der Waals surface area (Å²) >= 11 is 5.86. The summed E-state index contributed by atoms with van der Waals surface area (Å²) in [4.78, 5) is 25.3. The van der Waals surface area contributed by atoms with Gasteiger partial charge in [0.1, 0.15) is 0 Å². The number of hydrogen-bond donors (Lipinski definition) is 2. The molecule has 0 aliphatic heterocycles. The van der Waals surface area contributed by atoms with Gasteiger partial charge in [-0.25, -0.2) is 0 Å². The summed E-state index contributed by atoms with van der Waals surface area (Å²) in [5.41, 5.74) is 0.748. The average molecular weight is 340 g/mol. The number of amides is 2. The first-order valence-corrected chi connectivity index (χ1v) is 8.00. The third-order valence-corrected chi connectivity index (χ3v) is 3.50. The van der Waals surface area contributed by atoms with Crippen molar-refractivity contribution in [3.63, 3.8) is 0 Å². The Labute approximate surface area is 143 Å². The quantitative estimate of drug-likeness (QED) is 0.836. The molecule has 0 saturated carbocycles. The zero-order valence-corrected chi connectivity index (χ0v) is 15.2. The van der Waals surface area contributed by atoms with E-state index in [1.165, 1.54) is 4.90 Å². The number of carbonyl (C=O) groups excluding carboxylic acids is 2.